The van der Waals surface area contributed by atoms with E-state index in [0.717, 1.165) is 29.0 Å². The third kappa shape index (κ3) is 2.46. The van der Waals surface area contributed by atoms with Crippen molar-refractivity contribution >= 4 is 5.95 Å². The van der Waals surface area contributed by atoms with Crippen LogP contribution in [0.25, 0.3) is 0 Å². The topological polar surface area (TPSA) is 47.0 Å². The molecule has 102 valence electrons. The van der Waals surface area contributed by atoms with Crippen LogP contribution in [0.4, 0.5) is 5.95 Å². The first kappa shape index (κ1) is 11.6. The van der Waals surface area contributed by atoms with E-state index in [4.69, 9.17) is 4.74 Å². The molecule has 0 aromatic carbocycles. The van der Waals surface area contributed by atoms with Gasteiger partial charge in [0.05, 0.1) is 18.9 Å². The molecular weight excluding hydrogens is 238 g/mol. The Labute approximate surface area is 114 Å². The largest absolute Gasteiger partial charge is 0.370 e. The number of ether oxygens (including phenoxy) is 1. The number of aromatic nitrogens is 2. The van der Waals surface area contributed by atoms with Gasteiger partial charge in [-0.05, 0) is 37.5 Å². The number of rotatable bonds is 3. The van der Waals surface area contributed by atoms with Crippen LogP contribution in [0.5, 0.6) is 0 Å². The molecule has 2 fully saturated rings. The molecule has 2 saturated carbocycles. The van der Waals surface area contributed by atoms with Crippen molar-refractivity contribution in [3.63, 3.8) is 0 Å². The second-order valence-electron chi connectivity index (χ2n) is 6.26. The lowest BCUT2D eigenvalue weighted by Crippen LogP contribution is -2.29. The van der Waals surface area contributed by atoms with E-state index in [9.17, 15) is 0 Å². The summed E-state index contributed by atoms with van der Waals surface area (Å²) in [4.78, 5) is 9.01. The molecule has 2 atom stereocenters. The minimum Gasteiger partial charge on any atom is -0.370 e. The zero-order chi connectivity index (χ0) is 12.7. The second kappa shape index (κ2) is 4.75. The summed E-state index contributed by atoms with van der Waals surface area (Å²) in [6.07, 6.45) is 10.2. The summed E-state index contributed by atoms with van der Waals surface area (Å²) in [7, 11) is 0. The van der Waals surface area contributed by atoms with E-state index >= 15 is 0 Å². The van der Waals surface area contributed by atoms with Gasteiger partial charge in [-0.1, -0.05) is 12.8 Å². The van der Waals surface area contributed by atoms with Crippen LogP contribution in [-0.2, 0) is 18.0 Å². The number of hydrogen-bond acceptors (Lipinski definition) is 4. The zero-order valence-corrected chi connectivity index (χ0v) is 11.3. The lowest BCUT2D eigenvalue weighted by atomic mass is 9.83. The van der Waals surface area contributed by atoms with Crippen molar-refractivity contribution < 1.29 is 4.74 Å². The van der Waals surface area contributed by atoms with Gasteiger partial charge in [0.25, 0.3) is 0 Å². The van der Waals surface area contributed by atoms with Gasteiger partial charge in [0.15, 0.2) is 0 Å². The molecule has 0 radical (unpaired) electrons. The van der Waals surface area contributed by atoms with Crippen LogP contribution >= 0.6 is 0 Å². The normalized spacial score (nSPS) is 30.1. The van der Waals surface area contributed by atoms with Gasteiger partial charge in [-0.2, -0.15) is 0 Å². The minimum atomic E-state index is 0.569. The zero-order valence-electron chi connectivity index (χ0n) is 11.3. The molecule has 1 N–H and O–H groups in total. The van der Waals surface area contributed by atoms with Gasteiger partial charge in [0.2, 0.25) is 5.95 Å². The molecule has 0 amide bonds. The van der Waals surface area contributed by atoms with Crippen LogP contribution in [0.3, 0.4) is 0 Å². The summed E-state index contributed by atoms with van der Waals surface area (Å²) in [5.74, 6) is 2.77. The van der Waals surface area contributed by atoms with E-state index in [0.29, 0.717) is 19.3 Å². The Bertz CT molecular complexity index is 472. The molecule has 4 rings (SSSR count). The minimum absolute atomic E-state index is 0.569. The lowest BCUT2D eigenvalue weighted by Gasteiger charge is -2.29. The summed E-state index contributed by atoms with van der Waals surface area (Å²) in [5, 5.41) is 3.55. The molecule has 0 saturated heterocycles. The number of fused-ring (bicyclic) bond motifs is 1. The van der Waals surface area contributed by atoms with E-state index in [1.807, 2.05) is 6.20 Å². The molecule has 2 heterocycles. The SMILES string of the molecule is c1nc(N[C@H]2CCC[C@@H](C3CC3)C2)nc2c1COC2. The average molecular weight is 259 g/mol. The summed E-state index contributed by atoms with van der Waals surface area (Å²) in [6.45, 7) is 1.31. The van der Waals surface area contributed by atoms with Crippen LogP contribution in [-0.4, -0.2) is 16.0 Å². The molecule has 4 heteroatoms. The molecule has 1 aromatic rings. The summed E-state index contributed by atoms with van der Waals surface area (Å²) in [5.41, 5.74) is 2.21. The Hall–Kier alpha value is -1.16. The van der Waals surface area contributed by atoms with E-state index < -0.39 is 0 Å². The van der Waals surface area contributed by atoms with Gasteiger partial charge in [-0.25, -0.2) is 9.97 Å². The number of hydrogen-bond donors (Lipinski definition) is 1. The average Bonchev–Trinajstić information content (AvgIpc) is 3.18. The van der Waals surface area contributed by atoms with Crippen LogP contribution in [0.15, 0.2) is 6.20 Å². The molecule has 0 bridgehead atoms. The second-order valence-corrected chi connectivity index (χ2v) is 6.26. The molecule has 2 aliphatic carbocycles. The summed E-state index contributed by atoms with van der Waals surface area (Å²) in [6, 6.07) is 0.569. The number of anilines is 1. The lowest BCUT2D eigenvalue weighted by molar-refractivity contribution is 0.133. The van der Waals surface area contributed by atoms with Gasteiger partial charge in [-0.3, -0.25) is 0 Å². The van der Waals surface area contributed by atoms with Gasteiger partial charge in [-0.15, -0.1) is 0 Å². The monoisotopic (exact) mass is 259 g/mol. The van der Waals surface area contributed by atoms with Crippen molar-refractivity contribution in [1.29, 1.82) is 0 Å². The molecular formula is C15H21N3O. The first-order valence-electron chi connectivity index (χ1n) is 7.57. The fourth-order valence-corrected chi connectivity index (χ4v) is 3.55. The first-order valence-corrected chi connectivity index (χ1v) is 7.57. The maximum atomic E-state index is 5.39. The first-order chi connectivity index (χ1) is 9.38. The van der Waals surface area contributed by atoms with Crippen molar-refractivity contribution in [3.05, 3.63) is 17.5 Å². The predicted molar refractivity (Wildman–Crippen MR) is 72.6 cm³/mol. The molecule has 1 aliphatic heterocycles. The van der Waals surface area contributed by atoms with Crippen LogP contribution in [0.2, 0.25) is 0 Å². The van der Waals surface area contributed by atoms with E-state index in [2.05, 4.69) is 15.3 Å². The molecule has 19 heavy (non-hydrogen) atoms. The highest BCUT2D eigenvalue weighted by Crippen LogP contribution is 2.44. The Balaban J connectivity index is 1.42. The molecule has 3 aliphatic rings. The molecule has 0 spiro atoms. The number of nitrogens with zero attached hydrogens (tertiary/aromatic N) is 2. The van der Waals surface area contributed by atoms with E-state index in [1.165, 1.54) is 38.5 Å². The predicted octanol–water partition coefficient (Wildman–Crippen LogP) is 2.89. The maximum Gasteiger partial charge on any atom is 0.223 e. The summed E-state index contributed by atoms with van der Waals surface area (Å²) >= 11 is 0. The highest BCUT2D eigenvalue weighted by molar-refractivity contribution is 5.31. The molecule has 4 nitrogen and oxygen atoms in total. The van der Waals surface area contributed by atoms with Crippen molar-refractivity contribution in [2.45, 2.75) is 57.8 Å². The Morgan fingerprint density at radius 1 is 1.11 bits per heavy atom. The highest BCUT2D eigenvalue weighted by atomic mass is 16.5. The Kier molecular flexibility index (Phi) is 2.91. The number of nitrogens with one attached hydrogen (secondary N) is 1. The summed E-state index contributed by atoms with van der Waals surface area (Å²) < 4.78 is 5.39. The smallest absolute Gasteiger partial charge is 0.223 e. The van der Waals surface area contributed by atoms with E-state index in [-0.39, 0.29) is 0 Å². The Morgan fingerprint density at radius 2 is 2.05 bits per heavy atom. The van der Waals surface area contributed by atoms with Crippen molar-refractivity contribution in [1.82, 2.24) is 9.97 Å². The third-order valence-corrected chi connectivity index (χ3v) is 4.79. The van der Waals surface area contributed by atoms with Gasteiger partial charge < -0.3 is 10.1 Å². The van der Waals surface area contributed by atoms with Crippen molar-refractivity contribution in [2.75, 3.05) is 5.32 Å². The van der Waals surface area contributed by atoms with E-state index in [1.54, 1.807) is 0 Å². The van der Waals surface area contributed by atoms with Crippen molar-refractivity contribution in [3.8, 4) is 0 Å². The fourth-order valence-electron chi connectivity index (χ4n) is 3.55. The molecule has 0 unspecified atom stereocenters. The fraction of sp³-hybridized carbons (Fsp3) is 0.733. The maximum absolute atomic E-state index is 5.39. The third-order valence-electron chi connectivity index (χ3n) is 4.79. The highest BCUT2D eigenvalue weighted by Gasteiger charge is 2.34. The van der Waals surface area contributed by atoms with Gasteiger partial charge in [0.1, 0.15) is 0 Å². The Morgan fingerprint density at radius 3 is 2.95 bits per heavy atom. The molecule has 1 aromatic heterocycles. The van der Waals surface area contributed by atoms with Crippen LogP contribution in [0, 0.1) is 11.8 Å². The van der Waals surface area contributed by atoms with Crippen LogP contribution in [0.1, 0.15) is 49.8 Å². The van der Waals surface area contributed by atoms with Gasteiger partial charge in [0, 0.05) is 17.8 Å². The van der Waals surface area contributed by atoms with Crippen LogP contribution < -0.4 is 5.32 Å². The van der Waals surface area contributed by atoms with Crippen molar-refractivity contribution in [2.24, 2.45) is 11.8 Å². The quantitative estimate of drug-likeness (QED) is 0.906. The standard InChI is InChI=1S/C15H21N3O/c1-2-11(10-4-5-10)6-13(3-1)17-15-16-7-12-8-19-9-14(12)18-15/h7,10-11,13H,1-6,8-9H2,(H,16,17,18)/t11-,13+/m1/s1. The van der Waals surface area contributed by atoms with Gasteiger partial charge >= 0.3 is 0 Å².